The SMILES string of the molecule is COc1ccc(/C=N\NC(=S)Nc2ccccc2)cc1COc1c(Br)cc(Br)cc1Br. The van der Waals surface area contributed by atoms with E-state index in [-0.39, 0.29) is 0 Å². The number of ether oxygens (including phenoxy) is 2. The summed E-state index contributed by atoms with van der Waals surface area (Å²) >= 11 is 15.8. The average molecular weight is 628 g/mol. The van der Waals surface area contributed by atoms with Crippen molar-refractivity contribution < 1.29 is 9.47 Å². The Bertz CT molecular complexity index is 1070. The van der Waals surface area contributed by atoms with Gasteiger partial charge in [-0.05, 0) is 92.1 Å². The average Bonchev–Trinajstić information content (AvgIpc) is 2.74. The Morgan fingerprint density at radius 1 is 1.03 bits per heavy atom. The van der Waals surface area contributed by atoms with E-state index in [4.69, 9.17) is 21.7 Å². The molecule has 0 atom stereocenters. The predicted octanol–water partition coefficient (Wildman–Crippen LogP) is 6.88. The number of hydrazone groups is 1. The van der Waals surface area contributed by atoms with Gasteiger partial charge in [0.25, 0.3) is 0 Å². The molecule has 0 unspecified atom stereocenters. The highest BCUT2D eigenvalue weighted by Gasteiger charge is 2.11. The van der Waals surface area contributed by atoms with Gasteiger partial charge in [-0.3, -0.25) is 5.43 Å². The molecule has 0 fully saturated rings. The van der Waals surface area contributed by atoms with E-state index in [1.54, 1.807) is 13.3 Å². The summed E-state index contributed by atoms with van der Waals surface area (Å²) in [5, 5.41) is 7.68. The summed E-state index contributed by atoms with van der Waals surface area (Å²) in [5.74, 6) is 1.44. The first-order chi connectivity index (χ1) is 15.0. The molecule has 3 aromatic carbocycles. The fourth-order valence-electron chi connectivity index (χ4n) is 2.65. The molecule has 0 saturated heterocycles. The molecule has 0 aliphatic heterocycles. The Labute approximate surface area is 211 Å². The molecule has 0 amide bonds. The number of methoxy groups -OCH3 is 1. The Kier molecular flexibility index (Phi) is 8.89. The summed E-state index contributed by atoms with van der Waals surface area (Å²) in [6.07, 6.45) is 1.69. The van der Waals surface area contributed by atoms with E-state index < -0.39 is 0 Å². The second-order valence-electron chi connectivity index (χ2n) is 6.25. The van der Waals surface area contributed by atoms with Crippen LogP contribution in [0.4, 0.5) is 5.69 Å². The Morgan fingerprint density at radius 2 is 1.74 bits per heavy atom. The smallest absolute Gasteiger partial charge is 0.191 e. The lowest BCUT2D eigenvalue weighted by atomic mass is 10.1. The number of benzene rings is 3. The van der Waals surface area contributed by atoms with Crippen LogP contribution in [0.2, 0.25) is 0 Å². The second-order valence-corrected chi connectivity index (χ2v) is 9.28. The van der Waals surface area contributed by atoms with Crippen molar-refractivity contribution in [2.45, 2.75) is 6.61 Å². The van der Waals surface area contributed by atoms with Crippen LogP contribution in [0.1, 0.15) is 11.1 Å². The van der Waals surface area contributed by atoms with E-state index in [0.29, 0.717) is 17.5 Å². The molecule has 160 valence electrons. The third-order valence-electron chi connectivity index (χ3n) is 4.05. The van der Waals surface area contributed by atoms with Crippen LogP contribution in [0.3, 0.4) is 0 Å². The monoisotopic (exact) mass is 625 g/mol. The van der Waals surface area contributed by atoms with Crippen molar-refractivity contribution in [2.24, 2.45) is 5.10 Å². The maximum absolute atomic E-state index is 6.03. The molecule has 0 spiro atoms. The molecule has 3 aromatic rings. The van der Waals surface area contributed by atoms with E-state index in [0.717, 1.165) is 36.0 Å². The van der Waals surface area contributed by atoms with Gasteiger partial charge in [0, 0.05) is 15.7 Å². The van der Waals surface area contributed by atoms with Gasteiger partial charge in [-0.1, -0.05) is 34.1 Å². The van der Waals surface area contributed by atoms with Crippen LogP contribution < -0.4 is 20.2 Å². The van der Waals surface area contributed by atoms with Crippen molar-refractivity contribution in [3.05, 3.63) is 85.2 Å². The van der Waals surface area contributed by atoms with Gasteiger partial charge in [-0.2, -0.15) is 5.10 Å². The standard InChI is InChI=1S/C22H18Br3N3O2S/c1-29-20-8-7-14(12-26-28-22(31)27-17-5-3-2-4-6-17)9-15(20)13-30-21-18(24)10-16(23)11-19(21)25/h2-12H,13H2,1H3,(H2,27,28,31)/b26-12-. The molecule has 0 aliphatic rings. The molecule has 5 nitrogen and oxygen atoms in total. The van der Waals surface area contributed by atoms with Gasteiger partial charge < -0.3 is 14.8 Å². The van der Waals surface area contributed by atoms with Crippen LogP contribution in [0.5, 0.6) is 11.5 Å². The third kappa shape index (κ3) is 7.03. The van der Waals surface area contributed by atoms with Crippen LogP contribution in [0, 0.1) is 0 Å². The number of rotatable bonds is 7. The van der Waals surface area contributed by atoms with E-state index in [1.807, 2.05) is 60.7 Å². The van der Waals surface area contributed by atoms with Crippen molar-refractivity contribution >= 4 is 77.0 Å². The second kappa shape index (κ2) is 11.6. The quantitative estimate of drug-likeness (QED) is 0.170. The number of halogens is 3. The van der Waals surface area contributed by atoms with Gasteiger partial charge in [0.05, 0.1) is 22.3 Å². The maximum atomic E-state index is 6.03. The van der Waals surface area contributed by atoms with Gasteiger partial charge in [0.2, 0.25) is 0 Å². The highest BCUT2D eigenvalue weighted by atomic mass is 79.9. The van der Waals surface area contributed by atoms with E-state index in [9.17, 15) is 0 Å². The van der Waals surface area contributed by atoms with Crippen LogP contribution in [0.15, 0.2) is 79.2 Å². The van der Waals surface area contributed by atoms with Crippen molar-refractivity contribution in [2.75, 3.05) is 12.4 Å². The van der Waals surface area contributed by atoms with Crippen LogP contribution in [-0.2, 0) is 6.61 Å². The van der Waals surface area contributed by atoms with Crippen molar-refractivity contribution in [1.29, 1.82) is 0 Å². The molecule has 0 heterocycles. The summed E-state index contributed by atoms with van der Waals surface area (Å²) in [5.41, 5.74) is 5.47. The largest absolute Gasteiger partial charge is 0.496 e. The molecule has 0 aromatic heterocycles. The molecule has 0 saturated carbocycles. The predicted molar refractivity (Wildman–Crippen MR) is 140 cm³/mol. The lowest BCUT2D eigenvalue weighted by Crippen LogP contribution is -2.23. The number of anilines is 1. The van der Waals surface area contributed by atoms with E-state index in [2.05, 4.69) is 63.6 Å². The number of nitrogens with zero attached hydrogens (tertiary/aromatic N) is 1. The van der Waals surface area contributed by atoms with Crippen molar-refractivity contribution in [3.63, 3.8) is 0 Å². The highest BCUT2D eigenvalue weighted by Crippen LogP contribution is 2.37. The van der Waals surface area contributed by atoms with Gasteiger partial charge in [-0.15, -0.1) is 0 Å². The maximum Gasteiger partial charge on any atom is 0.191 e. The molecular formula is C22H18Br3N3O2S. The van der Waals surface area contributed by atoms with Crippen LogP contribution >= 0.6 is 60.0 Å². The fourth-order valence-corrected chi connectivity index (χ4v) is 5.31. The summed E-state index contributed by atoms with van der Waals surface area (Å²) in [4.78, 5) is 0. The van der Waals surface area contributed by atoms with Crippen LogP contribution in [0.25, 0.3) is 0 Å². The number of nitrogens with one attached hydrogen (secondary N) is 2. The van der Waals surface area contributed by atoms with Gasteiger partial charge in [0.15, 0.2) is 5.11 Å². The lowest BCUT2D eigenvalue weighted by Gasteiger charge is -2.14. The Morgan fingerprint density at radius 3 is 2.42 bits per heavy atom. The van der Waals surface area contributed by atoms with Gasteiger partial charge >= 0.3 is 0 Å². The first kappa shape index (κ1) is 23.7. The minimum absolute atomic E-state index is 0.324. The third-order valence-corrected chi connectivity index (χ3v) is 5.88. The number of hydrogen-bond donors (Lipinski definition) is 2. The van der Waals surface area contributed by atoms with Crippen LogP contribution in [-0.4, -0.2) is 18.4 Å². The topological polar surface area (TPSA) is 54.9 Å². The molecule has 3 rings (SSSR count). The minimum atomic E-state index is 0.324. The van der Waals surface area contributed by atoms with Crippen molar-refractivity contribution in [3.8, 4) is 11.5 Å². The first-order valence-electron chi connectivity index (χ1n) is 9.05. The first-order valence-corrected chi connectivity index (χ1v) is 11.8. The Hall–Kier alpha value is -1.94. The number of hydrogen-bond acceptors (Lipinski definition) is 4. The zero-order valence-electron chi connectivity index (χ0n) is 16.4. The van der Waals surface area contributed by atoms with Gasteiger partial charge in [0.1, 0.15) is 18.1 Å². The zero-order valence-corrected chi connectivity index (χ0v) is 21.9. The van der Waals surface area contributed by atoms with Gasteiger partial charge in [-0.25, -0.2) is 0 Å². The lowest BCUT2D eigenvalue weighted by molar-refractivity contribution is 0.293. The number of para-hydroxylation sites is 1. The molecule has 0 bridgehead atoms. The van der Waals surface area contributed by atoms with E-state index in [1.165, 1.54) is 0 Å². The van der Waals surface area contributed by atoms with Crippen molar-refractivity contribution in [1.82, 2.24) is 5.43 Å². The minimum Gasteiger partial charge on any atom is -0.496 e. The molecule has 9 heteroatoms. The summed E-state index contributed by atoms with van der Waals surface area (Å²) in [6.45, 7) is 0.324. The molecule has 0 aliphatic carbocycles. The zero-order chi connectivity index (χ0) is 22.2. The summed E-state index contributed by atoms with van der Waals surface area (Å²) < 4.78 is 14.1. The summed E-state index contributed by atoms with van der Waals surface area (Å²) in [7, 11) is 1.63. The van der Waals surface area contributed by atoms with E-state index >= 15 is 0 Å². The summed E-state index contributed by atoms with van der Waals surface area (Å²) in [6, 6.07) is 19.3. The normalized spacial score (nSPS) is 10.7. The Balaban J connectivity index is 1.66. The fraction of sp³-hybridized carbons (Fsp3) is 0.0909. The molecule has 2 N–H and O–H groups in total. The number of thiocarbonyl (C=S) groups is 1. The molecule has 0 radical (unpaired) electrons. The molecule has 31 heavy (non-hydrogen) atoms. The molecular weight excluding hydrogens is 610 g/mol. The highest BCUT2D eigenvalue weighted by molar-refractivity contribution is 9.11.